The van der Waals surface area contributed by atoms with Gasteiger partial charge in [-0.15, -0.1) is 0 Å². The highest BCUT2D eigenvalue weighted by Crippen LogP contribution is 2.28. The van der Waals surface area contributed by atoms with Gasteiger partial charge in [-0.2, -0.15) is 0 Å². The molecular formula is C21H22N2O3. The molecular weight excluding hydrogens is 328 g/mol. The number of carbonyl (C=O) groups is 1. The fourth-order valence-corrected chi connectivity index (χ4v) is 2.97. The van der Waals surface area contributed by atoms with Gasteiger partial charge in [0.15, 0.2) is 0 Å². The van der Waals surface area contributed by atoms with E-state index in [1.165, 1.54) is 0 Å². The Bertz CT molecular complexity index is 916. The second kappa shape index (κ2) is 7.44. The van der Waals surface area contributed by atoms with Crippen molar-refractivity contribution in [2.45, 2.75) is 26.8 Å². The number of hydrogen-bond donors (Lipinski definition) is 1. The van der Waals surface area contributed by atoms with Gasteiger partial charge in [-0.25, -0.2) is 0 Å². The summed E-state index contributed by atoms with van der Waals surface area (Å²) in [6, 6.07) is 15.2. The Hall–Kier alpha value is -3.08. The summed E-state index contributed by atoms with van der Waals surface area (Å²) < 4.78 is 10.7. The van der Waals surface area contributed by atoms with Crippen LogP contribution in [0, 0.1) is 13.8 Å². The molecule has 0 fully saturated rings. The van der Waals surface area contributed by atoms with Gasteiger partial charge >= 0.3 is 0 Å². The Morgan fingerprint density at radius 3 is 2.58 bits per heavy atom. The second-order valence-electron chi connectivity index (χ2n) is 6.27. The molecule has 1 amide bonds. The van der Waals surface area contributed by atoms with Crippen molar-refractivity contribution in [3.63, 3.8) is 0 Å². The zero-order valence-electron chi connectivity index (χ0n) is 15.4. The molecule has 1 unspecified atom stereocenters. The first kappa shape index (κ1) is 17.7. The zero-order chi connectivity index (χ0) is 18.7. The molecule has 1 atom stereocenters. The van der Waals surface area contributed by atoms with Crippen molar-refractivity contribution < 1.29 is 14.1 Å². The van der Waals surface area contributed by atoms with Gasteiger partial charge in [-0.1, -0.05) is 53.2 Å². The molecule has 5 nitrogen and oxygen atoms in total. The molecule has 1 heterocycles. The van der Waals surface area contributed by atoms with Crippen LogP contribution in [0.2, 0.25) is 0 Å². The van der Waals surface area contributed by atoms with Gasteiger partial charge in [0, 0.05) is 11.1 Å². The van der Waals surface area contributed by atoms with Crippen molar-refractivity contribution in [1.82, 2.24) is 10.5 Å². The minimum atomic E-state index is -0.227. The molecule has 0 saturated heterocycles. The summed E-state index contributed by atoms with van der Waals surface area (Å²) in [5, 5.41) is 7.11. The van der Waals surface area contributed by atoms with Crippen molar-refractivity contribution in [2.75, 3.05) is 7.11 Å². The van der Waals surface area contributed by atoms with Crippen molar-refractivity contribution in [2.24, 2.45) is 0 Å². The summed E-state index contributed by atoms with van der Waals surface area (Å²) in [4.78, 5) is 12.9. The summed E-state index contributed by atoms with van der Waals surface area (Å²) in [5.41, 5.74) is 3.87. The lowest BCUT2D eigenvalue weighted by Crippen LogP contribution is -2.27. The molecule has 0 bridgehead atoms. The van der Waals surface area contributed by atoms with E-state index in [1.54, 1.807) is 14.0 Å². The Morgan fingerprint density at radius 1 is 1.15 bits per heavy atom. The number of carbonyl (C=O) groups excluding carboxylic acids is 1. The number of nitrogens with one attached hydrogen (secondary N) is 1. The maximum absolute atomic E-state index is 12.9. The van der Waals surface area contributed by atoms with Crippen LogP contribution < -0.4 is 10.1 Å². The van der Waals surface area contributed by atoms with Gasteiger partial charge in [-0.05, 0) is 26.8 Å². The number of rotatable bonds is 5. The topological polar surface area (TPSA) is 64.4 Å². The van der Waals surface area contributed by atoms with E-state index in [4.69, 9.17) is 9.26 Å². The normalized spacial score (nSPS) is 11.8. The third-order valence-corrected chi connectivity index (χ3v) is 4.34. The van der Waals surface area contributed by atoms with Gasteiger partial charge in [0.05, 0.1) is 13.2 Å². The van der Waals surface area contributed by atoms with Gasteiger partial charge < -0.3 is 14.6 Å². The first-order chi connectivity index (χ1) is 12.5. The number of methoxy groups -OCH3 is 1. The lowest BCUT2D eigenvalue weighted by molar-refractivity contribution is 0.0938. The summed E-state index contributed by atoms with van der Waals surface area (Å²) in [5.74, 6) is 1.01. The van der Waals surface area contributed by atoms with Crippen molar-refractivity contribution in [3.8, 4) is 17.0 Å². The standard InChI is InChI=1S/C21H22N2O3/c1-13-10-11-18(25-4)17(12-13)14(2)22-21(24)19-15(3)26-23-20(19)16-8-6-5-7-9-16/h5-12,14H,1-4H3,(H,22,24). The van der Waals surface area contributed by atoms with E-state index in [1.807, 2.05) is 62.4 Å². The van der Waals surface area contributed by atoms with E-state index in [0.717, 1.165) is 22.4 Å². The Morgan fingerprint density at radius 2 is 1.88 bits per heavy atom. The Kier molecular flexibility index (Phi) is 5.07. The monoisotopic (exact) mass is 350 g/mol. The Balaban J connectivity index is 1.90. The van der Waals surface area contributed by atoms with Gasteiger partial charge in [0.2, 0.25) is 0 Å². The number of aryl methyl sites for hydroxylation is 2. The van der Waals surface area contributed by atoms with E-state index in [-0.39, 0.29) is 11.9 Å². The van der Waals surface area contributed by atoms with Crippen LogP contribution in [-0.4, -0.2) is 18.2 Å². The lowest BCUT2D eigenvalue weighted by atomic mass is 10.0. The van der Waals surface area contributed by atoms with Crippen LogP contribution in [0.3, 0.4) is 0 Å². The molecule has 26 heavy (non-hydrogen) atoms. The SMILES string of the molecule is COc1ccc(C)cc1C(C)NC(=O)c1c(-c2ccccc2)noc1C. The number of aromatic nitrogens is 1. The molecule has 3 rings (SSSR count). The molecule has 0 aliphatic carbocycles. The highest BCUT2D eigenvalue weighted by molar-refractivity contribution is 6.01. The molecule has 0 radical (unpaired) electrons. The molecule has 0 spiro atoms. The van der Waals surface area contributed by atoms with Crippen LogP contribution in [0.25, 0.3) is 11.3 Å². The predicted molar refractivity (Wildman–Crippen MR) is 100 cm³/mol. The average Bonchev–Trinajstić information content (AvgIpc) is 3.04. The summed E-state index contributed by atoms with van der Waals surface area (Å²) in [7, 11) is 1.63. The van der Waals surface area contributed by atoms with Crippen LogP contribution in [0.15, 0.2) is 53.1 Å². The van der Waals surface area contributed by atoms with Gasteiger partial charge in [-0.3, -0.25) is 4.79 Å². The highest BCUT2D eigenvalue weighted by Gasteiger charge is 2.24. The van der Waals surface area contributed by atoms with E-state index < -0.39 is 0 Å². The molecule has 1 N–H and O–H groups in total. The molecule has 1 aromatic heterocycles. The van der Waals surface area contributed by atoms with E-state index >= 15 is 0 Å². The Labute approximate surface area is 153 Å². The molecule has 0 saturated carbocycles. The molecule has 2 aromatic carbocycles. The first-order valence-corrected chi connectivity index (χ1v) is 8.48. The van der Waals surface area contributed by atoms with E-state index in [2.05, 4.69) is 10.5 Å². The maximum Gasteiger partial charge on any atom is 0.257 e. The van der Waals surface area contributed by atoms with Crippen LogP contribution in [0.1, 0.15) is 40.2 Å². The molecule has 0 aliphatic rings. The molecule has 134 valence electrons. The third-order valence-electron chi connectivity index (χ3n) is 4.34. The molecule has 5 heteroatoms. The largest absolute Gasteiger partial charge is 0.496 e. The number of amides is 1. The van der Waals surface area contributed by atoms with Crippen molar-refractivity contribution >= 4 is 5.91 Å². The van der Waals surface area contributed by atoms with Gasteiger partial charge in [0.1, 0.15) is 22.8 Å². The first-order valence-electron chi connectivity index (χ1n) is 8.48. The van der Waals surface area contributed by atoms with Crippen molar-refractivity contribution in [3.05, 3.63) is 71.0 Å². The van der Waals surface area contributed by atoms with Crippen LogP contribution in [0.5, 0.6) is 5.75 Å². The van der Waals surface area contributed by atoms with Crippen LogP contribution in [-0.2, 0) is 0 Å². The fraction of sp³-hybridized carbons (Fsp3) is 0.238. The summed E-state index contributed by atoms with van der Waals surface area (Å²) in [6.07, 6.45) is 0. The third kappa shape index (κ3) is 3.47. The van der Waals surface area contributed by atoms with Crippen LogP contribution in [0.4, 0.5) is 0 Å². The average molecular weight is 350 g/mol. The number of nitrogens with zero attached hydrogens (tertiary/aromatic N) is 1. The second-order valence-corrected chi connectivity index (χ2v) is 6.27. The summed E-state index contributed by atoms with van der Waals surface area (Å²) in [6.45, 7) is 5.68. The number of hydrogen-bond acceptors (Lipinski definition) is 4. The quantitative estimate of drug-likeness (QED) is 0.738. The minimum Gasteiger partial charge on any atom is -0.496 e. The molecule has 0 aliphatic heterocycles. The van der Waals surface area contributed by atoms with Crippen LogP contribution >= 0.6 is 0 Å². The highest BCUT2D eigenvalue weighted by atomic mass is 16.5. The lowest BCUT2D eigenvalue weighted by Gasteiger charge is -2.18. The van der Waals surface area contributed by atoms with E-state index in [0.29, 0.717) is 17.0 Å². The van der Waals surface area contributed by atoms with E-state index in [9.17, 15) is 4.79 Å². The fourth-order valence-electron chi connectivity index (χ4n) is 2.97. The zero-order valence-corrected chi connectivity index (χ0v) is 15.4. The van der Waals surface area contributed by atoms with Crippen molar-refractivity contribution in [1.29, 1.82) is 0 Å². The summed E-state index contributed by atoms with van der Waals surface area (Å²) >= 11 is 0. The molecule has 3 aromatic rings. The smallest absolute Gasteiger partial charge is 0.257 e. The minimum absolute atomic E-state index is 0.223. The number of ether oxygens (including phenoxy) is 1. The maximum atomic E-state index is 12.9. The number of benzene rings is 2. The van der Waals surface area contributed by atoms with Gasteiger partial charge in [0.25, 0.3) is 5.91 Å². The predicted octanol–water partition coefficient (Wildman–Crippen LogP) is 4.46.